The molecule has 0 bridgehead atoms. The Morgan fingerprint density at radius 1 is 1.03 bits per heavy atom. The van der Waals surface area contributed by atoms with Crippen molar-refractivity contribution in [1.82, 2.24) is 14.7 Å². The normalized spacial score (nSPS) is 20.2. The highest BCUT2D eigenvalue weighted by Gasteiger charge is 2.42. The van der Waals surface area contributed by atoms with Crippen LogP contribution in [0.3, 0.4) is 0 Å². The summed E-state index contributed by atoms with van der Waals surface area (Å²) in [6.07, 6.45) is 3.26. The van der Waals surface area contributed by atoms with Crippen molar-refractivity contribution in [2.75, 3.05) is 39.8 Å². The predicted octanol–water partition coefficient (Wildman–Crippen LogP) is 4.63. The van der Waals surface area contributed by atoms with Crippen molar-refractivity contribution in [2.45, 2.75) is 45.6 Å². The summed E-state index contributed by atoms with van der Waals surface area (Å²) in [7, 11) is 1.83. The van der Waals surface area contributed by atoms with Crippen molar-refractivity contribution in [3.63, 3.8) is 0 Å². The van der Waals surface area contributed by atoms with Gasteiger partial charge < -0.3 is 19.4 Å². The smallest absolute Gasteiger partial charge is 0.225 e. The summed E-state index contributed by atoms with van der Waals surface area (Å²) in [4.78, 5) is 44.3. The van der Waals surface area contributed by atoms with Gasteiger partial charge in [0.15, 0.2) is 0 Å². The highest BCUT2D eigenvalue weighted by atomic mass is 35.5. The molecule has 0 radical (unpaired) electrons. The van der Waals surface area contributed by atoms with Gasteiger partial charge in [-0.15, -0.1) is 0 Å². The minimum atomic E-state index is -0.502. The molecule has 4 rings (SSSR count). The Morgan fingerprint density at radius 3 is 2.45 bits per heavy atom. The van der Waals surface area contributed by atoms with Gasteiger partial charge in [0.05, 0.1) is 6.61 Å². The molecule has 0 aliphatic carbocycles. The van der Waals surface area contributed by atoms with Crippen molar-refractivity contribution < 1.29 is 19.1 Å². The standard InChI is InChI=1S/C30H38ClN3O4/c1-23(35)33-16-12-25(13-17-33)29(37)34-15-7-14-30(21-34,22-38-27-11-6-10-26(31)18-27)19-28(36)32(2)20-24-8-4-3-5-9-24/h3-6,8-11,18,25H,7,12-17,19-22H2,1-2H3/t30-/m1/s1. The zero-order valence-corrected chi connectivity index (χ0v) is 23.2. The van der Waals surface area contributed by atoms with Crippen LogP contribution < -0.4 is 4.74 Å². The van der Waals surface area contributed by atoms with E-state index in [-0.39, 0.29) is 23.6 Å². The topological polar surface area (TPSA) is 70.2 Å². The molecule has 2 saturated heterocycles. The minimum absolute atomic E-state index is 0.0348. The van der Waals surface area contributed by atoms with Crippen molar-refractivity contribution >= 4 is 29.3 Å². The van der Waals surface area contributed by atoms with Crippen LogP contribution in [0.4, 0.5) is 0 Å². The quantitative estimate of drug-likeness (QED) is 0.490. The molecule has 0 unspecified atom stereocenters. The summed E-state index contributed by atoms with van der Waals surface area (Å²) < 4.78 is 6.21. The molecule has 8 heteroatoms. The summed E-state index contributed by atoms with van der Waals surface area (Å²) >= 11 is 6.17. The molecule has 7 nitrogen and oxygen atoms in total. The van der Waals surface area contributed by atoms with E-state index in [2.05, 4.69) is 0 Å². The third-order valence-electron chi connectivity index (χ3n) is 7.82. The van der Waals surface area contributed by atoms with Crippen LogP contribution in [0.5, 0.6) is 5.75 Å². The van der Waals surface area contributed by atoms with E-state index in [0.29, 0.717) is 69.4 Å². The summed E-state index contributed by atoms with van der Waals surface area (Å²) in [5, 5.41) is 0.590. The molecular weight excluding hydrogens is 502 g/mol. The Morgan fingerprint density at radius 2 is 1.76 bits per heavy atom. The number of rotatable bonds is 8. The fraction of sp³-hybridized carbons (Fsp3) is 0.500. The number of nitrogens with zero attached hydrogens (tertiary/aromatic N) is 3. The first-order chi connectivity index (χ1) is 18.2. The van der Waals surface area contributed by atoms with Crippen molar-refractivity contribution in [1.29, 1.82) is 0 Å². The van der Waals surface area contributed by atoms with Gasteiger partial charge in [-0.2, -0.15) is 0 Å². The second-order valence-corrected chi connectivity index (χ2v) is 11.2. The number of carbonyl (C=O) groups is 3. The van der Waals surface area contributed by atoms with Crippen LogP contribution in [0.2, 0.25) is 5.02 Å². The van der Waals surface area contributed by atoms with E-state index in [9.17, 15) is 14.4 Å². The van der Waals surface area contributed by atoms with Crippen LogP contribution in [0.1, 0.15) is 44.6 Å². The monoisotopic (exact) mass is 539 g/mol. The average Bonchev–Trinajstić information content (AvgIpc) is 2.92. The Hall–Kier alpha value is -3.06. The first-order valence-electron chi connectivity index (χ1n) is 13.5. The van der Waals surface area contributed by atoms with Gasteiger partial charge in [0.2, 0.25) is 17.7 Å². The number of likely N-dealkylation sites (tertiary alicyclic amines) is 2. The highest BCUT2D eigenvalue weighted by Crippen LogP contribution is 2.37. The van der Waals surface area contributed by atoms with Gasteiger partial charge in [-0.05, 0) is 49.4 Å². The zero-order valence-electron chi connectivity index (χ0n) is 22.4. The van der Waals surface area contributed by atoms with Crippen LogP contribution in [-0.2, 0) is 20.9 Å². The molecule has 38 heavy (non-hydrogen) atoms. The third-order valence-corrected chi connectivity index (χ3v) is 8.05. The molecule has 0 N–H and O–H groups in total. The van der Waals surface area contributed by atoms with Gasteiger partial charge in [0, 0.05) is 69.5 Å². The predicted molar refractivity (Wildman–Crippen MR) is 148 cm³/mol. The lowest BCUT2D eigenvalue weighted by atomic mass is 9.76. The molecule has 0 saturated carbocycles. The molecule has 2 aliphatic rings. The molecule has 1 atom stereocenters. The van der Waals surface area contributed by atoms with E-state index in [1.54, 1.807) is 24.0 Å². The fourth-order valence-electron chi connectivity index (χ4n) is 5.60. The van der Waals surface area contributed by atoms with Crippen molar-refractivity contribution in [3.05, 3.63) is 65.2 Å². The minimum Gasteiger partial charge on any atom is -0.493 e. The van der Waals surface area contributed by atoms with E-state index in [4.69, 9.17) is 16.3 Å². The Balaban J connectivity index is 1.47. The molecule has 2 aliphatic heterocycles. The molecular formula is C30H38ClN3O4. The van der Waals surface area contributed by atoms with Crippen LogP contribution in [0, 0.1) is 11.3 Å². The van der Waals surface area contributed by atoms with Crippen molar-refractivity contribution in [3.8, 4) is 5.75 Å². The van der Waals surface area contributed by atoms with Crippen molar-refractivity contribution in [2.24, 2.45) is 11.3 Å². The lowest BCUT2D eigenvalue weighted by molar-refractivity contribution is -0.146. The maximum absolute atomic E-state index is 13.6. The Bertz CT molecular complexity index is 1120. The molecule has 2 aromatic carbocycles. The summed E-state index contributed by atoms with van der Waals surface area (Å²) in [5.41, 5.74) is 0.572. The number of ether oxygens (including phenoxy) is 1. The first-order valence-corrected chi connectivity index (χ1v) is 13.8. The molecule has 0 spiro atoms. The molecule has 2 fully saturated rings. The second-order valence-electron chi connectivity index (χ2n) is 10.8. The van der Waals surface area contributed by atoms with E-state index in [0.717, 1.165) is 18.4 Å². The molecule has 204 valence electrons. The van der Waals surface area contributed by atoms with Gasteiger partial charge in [0.25, 0.3) is 0 Å². The summed E-state index contributed by atoms with van der Waals surface area (Å²) in [5.74, 6) is 0.788. The van der Waals surface area contributed by atoms with Crippen LogP contribution >= 0.6 is 11.6 Å². The molecule has 2 aromatic rings. The number of amides is 3. The number of halogens is 1. The first kappa shape index (κ1) is 28.0. The van der Waals surface area contributed by atoms with E-state index in [1.165, 1.54) is 0 Å². The maximum Gasteiger partial charge on any atom is 0.225 e. The Labute approximate surface area is 230 Å². The van der Waals surface area contributed by atoms with Gasteiger partial charge in [-0.25, -0.2) is 0 Å². The lowest BCUT2D eigenvalue weighted by Crippen LogP contribution is -2.53. The van der Waals surface area contributed by atoms with Gasteiger partial charge in [-0.1, -0.05) is 48.0 Å². The number of piperidine rings is 2. The van der Waals surface area contributed by atoms with Crippen LogP contribution in [-0.4, -0.2) is 72.3 Å². The van der Waals surface area contributed by atoms with Crippen LogP contribution in [0.15, 0.2) is 54.6 Å². The number of hydrogen-bond donors (Lipinski definition) is 0. The Kier molecular flexibility index (Phi) is 9.31. The number of benzene rings is 2. The largest absolute Gasteiger partial charge is 0.493 e. The van der Waals surface area contributed by atoms with Gasteiger partial charge in [0.1, 0.15) is 5.75 Å². The number of carbonyl (C=O) groups excluding carboxylic acids is 3. The summed E-state index contributed by atoms with van der Waals surface area (Å²) in [6.45, 7) is 4.82. The number of hydrogen-bond acceptors (Lipinski definition) is 4. The average molecular weight is 540 g/mol. The molecule has 3 amide bonds. The molecule has 2 heterocycles. The van der Waals surface area contributed by atoms with Crippen LogP contribution in [0.25, 0.3) is 0 Å². The SMILES string of the molecule is CC(=O)N1CCC(C(=O)N2CCC[C@@](COc3cccc(Cl)c3)(CC(=O)N(C)Cc3ccccc3)C2)CC1. The second kappa shape index (κ2) is 12.7. The van der Waals surface area contributed by atoms with Gasteiger partial charge in [-0.3, -0.25) is 14.4 Å². The fourth-order valence-corrected chi connectivity index (χ4v) is 5.78. The van der Waals surface area contributed by atoms with E-state index < -0.39 is 5.41 Å². The van der Waals surface area contributed by atoms with Gasteiger partial charge >= 0.3 is 0 Å². The third kappa shape index (κ3) is 7.28. The van der Waals surface area contributed by atoms with E-state index >= 15 is 0 Å². The van der Waals surface area contributed by atoms with E-state index in [1.807, 2.05) is 59.3 Å². The highest BCUT2D eigenvalue weighted by molar-refractivity contribution is 6.30. The summed E-state index contributed by atoms with van der Waals surface area (Å²) in [6, 6.07) is 17.2. The maximum atomic E-state index is 13.6. The zero-order chi connectivity index (χ0) is 27.1. The lowest BCUT2D eigenvalue weighted by Gasteiger charge is -2.44. The molecule has 0 aromatic heterocycles.